The highest BCUT2D eigenvalue weighted by molar-refractivity contribution is 5.83. The number of methoxy groups -OCH3 is 1. The van der Waals surface area contributed by atoms with Gasteiger partial charge >= 0.3 is 6.01 Å². The largest absolute Gasteiger partial charge is 0.497 e. The molecule has 8 heteroatoms. The molecule has 2 heterocycles. The van der Waals surface area contributed by atoms with Gasteiger partial charge < -0.3 is 14.5 Å². The zero-order valence-electron chi connectivity index (χ0n) is 13.3. The van der Waals surface area contributed by atoms with Crippen molar-refractivity contribution in [1.29, 1.82) is 0 Å². The van der Waals surface area contributed by atoms with Crippen LogP contribution in [-0.2, 0) is 6.54 Å². The molecule has 0 saturated carbocycles. The Morgan fingerprint density at radius 1 is 1.24 bits per heavy atom. The number of fused-ring (bicyclic) bond motifs is 1. The number of hydrogen-bond donors (Lipinski definition) is 2. The lowest BCUT2D eigenvalue weighted by Crippen LogP contribution is -1.99. The van der Waals surface area contributed by atoms with Crippen molar-refractivity contribution in [2.24, 2.45) is 0 Å². The molecule has 4 rings (SSSR count). The highest BCUT2D eigenvalue weighted by Gasteiger charge is 2.13. The molecule has 0 unspecified atom stereocenters. The van der Waals surface area contributed by atoms with Crippen LogP contribution in [0.3, 0.4) is 0 Å². The van der Waals surface area contributed by atoms with E-state index in [0.717, 1.165) is 11.3 Å². The summed E-state index contributed by atoms with van der Waals surface area (Å²) >= 11 is 0. The third-order valence-electron chi connectivity index (χ3n) is 3.75. The van der Waals surface area contributed by atoms with Crippen molar-refractivity contribution in [2.75, 3.05) is 12.4 Å². The lowest BCUT2D eigenvalue weighted by molar-refractivity contribution is 0.414. The van der Waals surface area contributed by atoms with Crippen LogP contribution in [0.1, 0.15) is 5.56 Å². The Hall–Kier alpha value is -3.42. The van der Waals surface area contributed by atoms with Gasteiger partial charge in [0.15, 0.2) is 0 Å². The van der Waals surface area contributed by atoms with Gasteiger partial charge in [0.05, 0.1) is 13.3 Å². The fourth-order valence-electron chi connectivity index (χ4n) is 2.51. The summed E-state index contributed by atoms with van der Waals surface area (Å²) in [6, 6.07) is 11.0. The van der Waals surface area contributed by atoms with Crippen LogP contribution in [0.4, 0.5) is 10.4 Å². The second-order valence-electron chi connectivity index (χ2n) is 5.41. The molecule has 0 aliphatic rings. The minimum absolute atomic E-state index is 0.232. The maximum absolute atomic E-state index is 14.0. The first kappa shape index (κ1) is 15.1. The molecule has 0 atom stereocenters. The molecular weight excluding hydrogens is 325 g/mol. The van der Waals surface area contributed by atoms with Crippen LogP contribution in [0.5, 0.6) is 5.75 Å². The van der Waals surface area contributed by atoms with Gasteiger partial charge in [-0.05, 0) is 29.8 Å². The normalized spacial score (nSPS) is 11.0. The van der Waals surface area contributed by atoms with Crippen LogP contribution in [-0.4, -0.2) is 27.5 Å². The fraction of sp³-hybridized carbons (Fsp3) is 0.118. The Balaban J connectivity index is 1.53. The molecule has 0 aliphatic heterocycles. The Morgan fingerprint density at radius 3 is 3.04 bits per heavy atom. The maximum atomic E-state index is 14.0. The van der Waals surface area contributed by atoms with Gasteiger partial charge in [0.1, 0.15) is 17.1 Å². The van der Waals surface area contributed by atoms with Crippen molar-refractivity contribution in [1.82, 2.24) is 20.4 Å². The van der Waals surface area contributed by atoms with Crippen molar-refractivity contribution in [3.05, 3.63) is 54.0 Å². The second kappa shape index (κ2) is 6.23. The van der Waals surface area contributed by atoms with Gasteiger partial charge in [0.2, 0.25) is 5.89 Å². The van der Waals surface area contributed by atoms with Gasteiger partial charge in [0.25, 0.3) is 0 Å². The Kier molecular flexibility index (Phi) is 3.77. The zero-order valence-corrected chi connectivity index (χ0v) is 13.3. The molecule has 0 fully saturated rings. The van der Waals surface area contributed by atoms with Gasteiger partial charge in [0, 0.05) is 17.5 Å². The minimum Gasteiger partial charge on any atom is -0.497 e. The van der Waals surface area contributed by atoms with Crippen molar-refractivity contribution in [3.8, 4) is 17.2 Å². The molecule has 126 valence electrons. The molecule has 2 aromatic carbocycles. The van der Waals surface area contributed by atoms with Crippen molar-refractivity contribution in [2.45, 2.75) is 6.54 Å². The number of aromatic nitrogens is 4. The topological polar surface area (TPSA) is 88.9 Å². The number of benzene rings is 2. The van der Waals surface area contributed by atoms with E-state index in [-0.39, 0.29) is 11.9 Å². The number of rotatable bonds is 5. The first-order chi connectivity index (χ1) is 12.2. The molecule has 7 nitrogen and oxygen atoms in total. The summed E-state index contributed by atoms with van der Waals surface area (Å²) in [5.74, 6) is 0.582. The standard InChI is InChI=1S/C17H14FN5O2/c1-24-13-4-2-3-10(5-13)8-19-17-23-22-16(25-17)11-6-12-9-20-21-15(12)14(18)7-11/h2-7,9H,8H2,1H3,(H,19,23)(H,20,21). The summed E-state index contributed by atoms with van der Waals surface area (Å²) in [6.07, 6.45) is 1.54. The summed E-state index contributed by atoms with van der Waals surface area (Å²) in [5, 5.41) is 18.0. The zero-order chi connectivity index (χ0) is 17.2. The van der Waals surface area contributed by atoms with Gasteiger partial charge in [-0.1, -0.05) is 17.2 Å². The van der Waals surface area contributed by atoms with Gasteiger partial charge in [-0.25, -0.2) is 4.39 Å². The molecule has 25 heavy (non-hydrogen) atoms. The first-order valence-electron chi connectivity index (χ1n) is 7.56. The number of ether oxygens (including phenoxy) is 1. The number of H-pyrrole nitrogens is 1. The Labute approximate surface area is 141 Å². The summed E-state index contributed by atoms with van der Waals surface area (Å²) in [5.41, 5.74) is 1.85. The highest BCUT2D eigenvalue weighted by Crippen LogP contribution is 2.26. The van der Waals surface area contributed by atoms with Crippen LogP contribution < -0.4 is 10.1 Å². The molecule has 4 aromatic rings. The maximum Gasteiger partial charge on any atom is 0.316 e. The van der Waals surface area contributed by atoms with Crippen LogP contribution >= 0.6 is 0 Å². The third-order valence-corrected chi connectivity index (χ3v) is 3.75. The monoisotopic (exact) mass is 339 g/mol. The SMILES string of the molecule is COc1cccc(CNc2nnc(-c3cc(F)c4[nH]ncc4c3)o2)c1. The quantitative estimate of drug-likeness (QED) is 0.579. The Morgan fingerprint density at radius 2 is 2.16 bits per heavy atom. The van der Waals surface area contributed by atoms with E-state index in [4.69, 9.17) is 9.15 Å². The lowest BCUT2D eigenvalue weighted by atomic mass is 10.1. The van der Waals surface area contributed by atoms with Crippen molar-refractivity contribution in [3.63, 3.8) is 0 Å². The van der Waals surface area contributed by atoms with E-state index >= 15 is 0 Å². The summed E-state index contributed by atoms with van der Waals surface area (Å²) in [6.45, 7) is 0.494. The van der Waals surface area contributed by atoms with Crippen LogP contribution in [0.25, 0.3) is 22.4 Å². The van der Waals surface area contributed by atoms with Crippen LogP contribution in [0, 0.1) is 5.82 Å². The van der Waals surface area contributed by atoms with Crippen LogP contribution in [0.15, 0.2) is 47.0 Å². The van der Waals surface area contributed by atoms with Gasteiger partial charge in [-0.2, -0.15) is 5.10 Å². The fourth-order valence-corrected chi connectivity index (χ4v) is 2.51. The molecule has 2 aromatic heterocycles. The lowest BCUT2D eigenvalue weighted by Gasteiger charge is -2.04. The first-order valence-corrected chi connectivity index (χ1v) is 7.56. The van der Waals surface area contributed by atoms with E-state index in [2.05, 4.69) is 25.7 Å². The smallest absolute Gasteiger partial charge is 0.316 e. The number of nitrogens with zero attached hydrogens (tertiary/aromatic N) is 3. The molecule has 0 spiro atoms. The van der Waals surface area contributed by atoms with E-state index in [1.54, 1.807) is 19.4 Å². The molecule has 0 radical (unpaired) electrons. The second-order valence-corrected chi connectivity index (χ2v) is 5.41. The number of hydrogen-bond acceptors (Lipinski definition) is 6. The average Bonchev–Trinajstić information content (AvgIpc) is 3.29. The highest BCUT2D eigenvalue weighted by atomic mass is 19.1. The summed E-state index contributed by atoms with van der Waals surface area (Å²) in [4.78, 5) is 0. The van der Waals surface area contributed by atoms with E-state index in [1.807, 2.05) is 24.3 Å². The molecule has 0 amide bonds. The van der Waals surface area contributed by atoms with Crippen molar-refractivity contribution < 1.29 is 13.5 Å². The molecule has 0 bridgehead atoms. The van der Waals surface area contributed by atoms with E-state index < -0.39 is 5.82 Å². The molecular formula is C17H14FN5O2. The predicted octanol–water partition coefficient (Wildman–Crippen LogP) is 3.37. The van der Waals surface area contributed by atoms with Gasteiger partial charge in [-0.15, -0.1) is 5.10 Å². The van der Waals surface area contributed by atoms with E-state index in [1.165, 1.54) is 6.07 Å². The van der Waals surface area contributed by atoms with E-state index in [0.29, 0.717) is 23.0 Å². The Bertz CT molecular complexity index is 1030. The summed E-state index contributed by atoms with van der Waals surface area (Å²) < 4.78 is 24.8. The third kappa shape index (κ3) is 3.01. The van der Waals surface area contributed by atoms with Crippen molar-refractivity contribution >= 4 is 16.9 Å². The van der Waals surface area contributed by atoms with Crippen LogP contribution in [0.2, 0.25) is 0 Å². The summed E-state index contributed by atoms with van der Waals surface area (Å²) in [7, 11) is 1.62. The van der Waals surface area contributed by atoms with E-state index in [9.17, 15) is 4.39 Å². The predicted molar refractivity (Wildman–Crippen MR) is 89.7 cm³/mol. The molecule has 0 saturated heterocycles. The number of halogens is 1. The molecule has 0 aliphatic carbocycles. The average molecular weight is 339 g/mol. The number of nitrogens with one attached hydrogen (secondary N) is 2. The number of aromatic amines is 1. The number of anilines is 1. The minimum atomic E-state index is -0.422. The molecule has 2 N–H and O–H groups in total. The van der Waals surface area contributed by atoms with Gasteiger partial charge in [-0.3, -0.25) is 5.10 Å².